The highest BCUT2D eigenvalue weighted by Crippen LogP contribution is 2.36. The number of aromatic nitrogens is 1. The molecule has 3 nitrogen and oxygen atoms in total. The van der Waals surface area contributed by atoms with E-state index >= 15 is 0 Å². The highest BCUT2D eigenvalue weighted by Gasteiger charge is 2.32. The van der Waals surface area contributed by atoms with E-state index in [0.717, 1.165) is 24.6 Å². The van der Waals surface area contributed by atoms with Gasteiger partial charge in [0.2, 0.25) is 0 Å². The van der Waals surface area contributed by atoms with Gasteiger partial charge in [-0.3, -0.25) is 0 Å². The van der Waals surface area contributed by atoms with E-state index in [4.69, 9.17) is 0 Å². The second kappa shape index (κ2) is 5.84. The summed E-state index contributed by atoms with van der Waals surface area (Å²) in [4.78, 5) is 7.01. The Hall–Kier alpha value is -0.900. The van der Waals surface area contributed by atoms with Crippen LogP contribution >= 0.6 is 11.8 Å². The van der Waals surface area contributed by atoms with Crippen LogP contribution in [0.15, 0.2) is 18.3 Å². The molecule has 3 rings (SSSR count). The molecule has 0 spiro atoms. The zero-order chi connectivity index (χ0) is 14.0. The third kappa shape index (κ3) is 3.05. The van der Waals surface area contributed by atoms with Crippen molar-refractivity contribution in [1.29, 1.82) is 0 Å². The number of thioether (sulfide) groups is 1. The fourth-order valence-electron chi connectivity index (χ4n) is 2.98. The summed E-state index contributed by atoms with van der Waals surface area (Å²) in [7, 11) is 0. The minimum Gasteiger partial charge on any atom is -0.380 e. The van der Waals surface area contributed by atoms with Gasteiger partial charge in [-0.05, 0) is 42.6 Å². The van der Waals surface area contributed by atoms with Crippen molar-refractivity contribution in [3.05, 3.63) is 18.3 Å². The van der Waals surface area contributed by atoms with Crippen LogP contribution in [0.25, 0.3) is 0 Å². The van der Waals surface area contributed by atoms with Gasteiger partial charge in [0.05, 0.1) is 11.9 Å². The molecule has 1 aromatic heterocycles. The van der Waals surface area contributed by atoms with E-state index in [0.29, 0.717) is 11.5 Å². The maximum Gasteiger partial charge on any atom is 0.128 e. The molecule has 1 unspecified atom stereocenters. The van der Waals surface area contributed by atoms with Gasteiger partial charge in [0, 0.05) is 24.9 Å². The van der Waals surface area contributed by atoms with Crippen LogP contribution in [0.1, 0.15) is 33.1 Å². The van der Waals surface area contributed by atoms with Crippen LogP contribution in [-0.4, -0.2) is 35.6 Å². The van der Waals surface area contributed by atoms with E-state index in [-0.39, 0.29) is 0 Å². The monoisotopic (exact) mass is 291 g/mol. The Morgan fingerprint density at radius 1 is 1.30 bits per heavy atom. The maximum absolute atomic E-state index is 4.63. The standard InChI is InChI=1S/C16H25N3S/c1-16(2)7-10-20-12-14(16)18-13-5-6-15(17-11-13)19-8-3-4-9-19/h5-6,11,14,18H,3-4,7-10,12H2,1-2H3. The van der Waals surface area contributed by atoms with Crippen molar-refractivity contribution in [2.45, 2.75) is 39.2 Å². The zero-order valence-electron chi connectivity index (χ0n) is 12.6. The number of pyridine rings is 1. The van der Waals surface area contributed by atoms with Gasteiger partial charge in [-0.2, -0.15) is 11.8 Å². The van der Waals surface area contributed by atoms with Gasteiger partial charge < -0.3 is 10.2 Å². The van der Waals surface area contributed by atoms with Gasteiger partial charge in [0.15, 0.2) is 0 Å². The molecule has 2 aliphatic rings. The van der Waals surface area contributed by atoms with Crippen LogP contribution in [0, 0.1) is 5.41 Å². The molecule has 0 radical (unpaired) electrons. The fourth-order valence-corrected chi connectivity index (χ4v) is 4.59. The average Bonchev–Trinajstić information content (AvgIpc) is 2.96. The molecule has 1 aromatic rings. The van der Waals surface area contributed by atoms with Crippen molar-refractivity contribution < 1.29 is 0 Å². The van der Waals surface area contributed by atoms with Crippen molar-refractivity contribution >= 4 is 23.3 Å². The van der Waals surface area contributed by atoms with Gasteiger partial charge in [-0.15, -0.1) is 0 Å². The minimum atomic E-state index is 0.374. The normalized spacial score (nSPS) is 25.7. The Balaban J connectivity index is 1.65. The van der Waals surface area contributed by atoms with Crippen LogP contribution in [0.5, 0.6) is 0 Å². The number of anilines is 2. The highest BCUT2D eigenvalue weighted by atomic mass is 32.2. The van der Waals surface area contributed by atoms with Crippen LogP contribution in [0.4, 0.5) is 11.5 Å². The second-order valence-corrected chi connectivity index (χ2v) is 7.76. The van der Waals surface area contributed by atoms with Gasteiger partial charge in [0.25, 0.3) is 0 Å². The number of hydrogen-bond acceptors (Lipinski definition) is 4. The second-order valence-electron chi connectivity index (χ2n) is 6.61. The predicted octanol–water partition coefficient (Wildman–Crippen LogP) is 3.63. The first-order valence-electron chi connectivity index (χ1n) is 7.70. The van der Waals surface area contributed by atoms with Crippen LogP contribution in [-0.2, 0) is 0 Å². The summed E-state index contributed by atoms with van der Waals surface area (Å²) in [6.45, 7) is 7.06. The maximum atomic E-state index is 4.63. The van der Waals surface area contributed by atoms with Crippen LogP contribution < -0.4 is 10.2 Å². The van der Waals surface area contributed by atoms with Gasteiger partial charge in [-0.25, -0.2) is 4.98 Å². The number of rotatable bonds is 3. The number of nitrogens with one attached hydrogen (secondary N) is 1. The third-order valence-electron chi connectivity index (χ3n) is 4.64. The molecule has 0 saturated carbocycles. The zero-order valence-corrected chi connectivity index (χ0v) is 13.4. The van der Waals surface area contributed by atoms with Gasteiger partial charge >= 0.3 is 0 Å². The highest BCUT2D eigenvalue weighted by molar-refractivity contribution is 7.99. The Bertz CT molecular complexity index is 438. The van der Waals surface area contributed by atoms with Crippen LogP contribution in [0.2, 0.25) is 0 Å². The first-order chi connectivity index (χ1) is 9.65. The largest absolute Gasteiger partial charge is 0.380 e. The van der Waals surface area contributed by atoms with E-state index in [2.05, 4.69) is 52.9 Å². The summed E-state index contributed by atoms with van der Waals surface area (Å²) < 4.78 is 0. The van der Waals surface area contributed by atoms with Gasteiger partial charge in [0.1, 0.15) is 5.82 Å². The summed E-state index contributed by atoms with van der Waals surface area (Å²) in [5.41, 5.74) is 1.53. The Morgan fingerprint density at radius 3 is 2.75 bits per heavy atom. The fraction of sp³-hybridized carbons (Fsp3) is 0.688. The molecular weight excluding hydrogens is 266 g/mol. The van der Waals surface area contributed by atoms with Crippen molar-refractivity contribution in [2.24, 2.45) is 5.41 Å². The van der Waals surface area contributed by atoms with Gasteiger partial charge in [-0.1, -0.05) is 13.8 Å². The van der Waals surface area contributed by atoms with E-state index < -0.39 is 0 Å². The molecule has 1 atom stereocenters. The summed E-state index contributed by atoms with van der Waals surface area (Å²) >= 11 is 2.06. The Labute approximate surface area is 126 Å². The predicted molar refractivity (Wildman–Crippen MR) is 88.8 cm³/mol. The lowest BCUT2D eigenvalue weighted by Gasteiger charge is -2.39. The molecule has 2 aliphatic heterocycles. The number of nitrogens with zero attached hydrogens (tertiary/aromatic N) is 2. The lowest BCUT2D eigenvalue weighted by Crippen LogP contribution is -2.41. The summed E-state index contributed by atoms with van der Waals surface area (Å²) in [5, 5.41) is 3.69. The summed E-state index contributed by atoms with van der Waals surface area (Å²) in [6.07, 6.45) is 5.89. The molecule has 1 N–H and O–H groups in total. The molecule has 0 aromatic carbocycles. The lowest BCUT2D eigenvalue weighted by atomic mass is 9.82. The minimum absolute atomic E-state index is 0.374. The molecule has 2 saturated heterocycles. The Kier molecular flexibility index (Phi) is 4.11. The molecule has 110 valence electrons. The van der Waals surface area contributed by atoms with Crippen molar-refractivity contribution in [3.63, 3.8) is 0 Å². The summed E-state index contributed by atoms with van der Waals surface area (Å²) in [6, 6.07) is 4.90. The first-order valence-corrected chi connectivity index (χ1v) is 8.86. The Morgan fingerprint density at radius 2 is 2.10 bits per heavy atom. The molecule has 0 bridgehead atoms. The average molecular weight is 291 g/mol. The molecule has 3 heterocycles. The topological polar surface area (TPSA) is 28.2 Å². The SMILES string of the molecule is CC1(C)CCSCC1Nc1ccc(N2CCCC2)nc1. The third-order valence-corrected chi connectivity index (χ3v) is 5.70. The molecule has 0 aliphatic carbocycles. The molecule has 20 heavy (non-hydrogen) atoms. The first kappa shape index (κ1) is 14.1. The van der Waals surface area contributed by atoms with Crippen molar-refractivity contribution in [2.75, 3.05) is 34.8 Å². The van der Waals surface area contributed by atoms with E-state index in [1.165, 1.54) is 30.8 Å². The van der Waals surface area contributed by atoms with Crippen molar-refractivity contribution in [1.82, 2.24) is 4.98 Å². The molecule has 4 heteroatoms. The molecule has 0 amide bonds. The van der Waals surface area contributed by atoms with E-state index in [1.54, 1.807) is 0 Å². The summed E-state index contributed by atoms with van der Waals surface area (Å²) in [5.74, 6) is 3.61. The van der Waals surface area contributed by atoms with E-state index in [1.807, 2.05) is 6.20 Å². The quantitative estimate of drug-likeness (QED) is 0.920. The smallest absolute Gasteiger partial charge is 0.128 e. The van der Waals surface area contributed by atoms with E-state index in [9.17, 15) is 0 Å². The van der Waals surface area contributed by atoms with Crippen molar-refractivity contribution in [3.8, 4) is 0 Å². The van der Waals surface area contributed by atoms with Crippen LogP contribution in [0.3, 0.4) is 0 Å². The molecular formula is C16H25N3S. The molecule has 2 fully saturated rings. The lowest BCUT2D eigenvalue weighted by molar-refractivity contribution is 0.305. The number of hydrogen-bond donors (Lipinski definition) is 1.